The van der Waals surface area contributed by atoms with Gasteiger partial charge in [0.05, 0.1) is 0 Å². The third-order valence-corrected chi connectivity index (χ3v) is 1.04. The average molecular weight is 131 g/mol. The fourth-order valence-electron chi connectivity index (χ4n) is 0.420. The van der Waals surface area contributed by atoms with Gasteiger partial charge in [-0.15, -0.1) is 0 Å². The first-order valence-corrected chi connectivity index (χ1v) is 3.45. The molecule has 0 spiro atoms. The van der Waals surface area contributed by atoms with E-state index in [1.165, 1.54) is 0 Å². The lowest BCUT2D eigenvalue weighted by molar-refractivity contribution is 0.807. The zero-order valence-corrected chi connectivity index (χ0v) is 6.12. The number of thiol groups is 1. The molecule has 0 aliphatic rings. The van der Waals surface area contributed by atoms with E-state index in [1.54, 1.807) is 0 Å². The van der Waals surface area contributed by atoms with E-state index in [2.05, 4.69) is 30.1 Å². The normalized spacial score (nSPS) is 10.8. The summed E-state index contributed by atoms with van der Waals surface area (Å²) in [7, 11) is 1.95. The third-order valence-electron chi connectivity index (χ3n) is 0.833. The van der Waals surface area contributed by atoms with E-state index < -0.39 is 0 Å². The van der Waals surface area contributed by atoms with Crippen LogP contribution in [0.5, 0.6) is 0 Å². The Morgan fingerprint density at radius 1 is 1.50 bits per heavy atom. The van der Waals surface area contributed by atoms with Crippen molar-refractivity contribution in [2.24, 2.45) is 0 Å². The van der Waals surface area contributed by atoms with Crippen molar-refractivity contribution in [1.82, 2.24) is 5.32 Å². The van der Waals surface area contributed by atoms with E-state index in [0.29, 0.717) is 0 Å². The second-order valence-corrected chi connectivity index (χ2v) is 1.91. The zero-order valence-electron chi connectivity index (χ0n) is 5.22. The summed E-state index contributed by atoms with van der Waals surface area (Å²) in [6.07, 6.45) is 5.29. The summed E-state index contributed by atoms with van der Waals surface area (Å²) >= 11 is 4.02. The van der Waals surface area contributed by atoms with Crippen LogP contribution in [-0.4, -0.2) is 19.3 Å². The van der Waals surface area contributed by atoms with Gasteiger partial charge in [-0.3, -0.25) is 0 Å². The predicted molar refractivity (Wildman–Crippen MR) is 41.5 cm³/mol. The van der Waals surface area contributed by atoms with Crippen LogP contribution >= 0.6 is 12.6 Å². The fourth-order valence-corrected chi connectivity index (χ4v) is 0.569. The standard InChI is InChI=1S/C6H13NS/c1-7-5-3-2-4-6-8/h2,4,7-8H,3,5-6H2,1H3/b4-2+. The molecule has 1 nitrogen and oxygen atoms in total. The molecular weight excluding hydrogens is 118 g/mol. The van der Waals surface area contributed by atoms with Crippen molar-refractivity contribution in [3.8, 4) is 0 Å². The molecule has 8 heavy (non-hydrogen) atoms. The van der Waals surface area contributed by atoms with Crippen molar-refractivity contribution in [1.29, 1.82) is 0 Å². The lowest BCUT2D eigenvalue weighted by atomic mass is 10.4. The van der Waals surface area contributed by atoms with Crippen LogP contribution in [-0.2, 0) is 0 Å². The second-order valence-electron chi connectivity index (χ2n) is 1.55. The number of rotatable bonds is 4. The summed E-state index contributed by atoms with van der Waals surface area (Å²) in [5, 5.41) is 3.05. The monoisotopic (exact) mass is 131 g/mol. The maximum Gasteiger partial charge on any atom is 0.00825 e. The lowest BCUT2D eigenvalue weighted by Gasteiger charge is -1.88. The van der Waals surface area contributed by atoms with Crippen LogP contribution in [0.25, 0.3) is 0 Å². The topological polar surface area (TPSA) is 12.0 Å². The Labute approximate surface area is 56.6 Å². The van der Waals surface area contributed by atoms with Gasteiger partial charge in [0.25, 0.3) is 0 Å². The molecule has 0 unspecified atom stereocenters. The molecule has 0 heterocycles. The van der Waals surface area contributed by atoms with Gasteiger partial charge in [-0.05, 0) is 20.0 Å². The number of hydrogen-bond acceptors (Lipinski definition) is 2. The highest BCUT2D eigenvalue weighted by Gasteiger charge is 1.72. The van der Waals surface area contributed by atoms with E-state index >= 15 is 0 Å². The Bertz CT molecular complexity index is 61.5. The molecule has 0 aliphatic carbocycles. The maximum absolute atomic E-state index is 4.02. The van der Waals surface area contributed by atoms with Crippen LogP contribution in [0.3, 0.4) is 0 Å². The van der Waals surface area contributed by atoms with Crippen molar-refractivity contribution >= 4 is 12.6 Å². The highest BCUT2D eigenvalue weighted by Crippen LogP contribution is 1.81. The van der Waals surface area contributed by atoms with Gasteiger partial charge >= 0.3 is 0 Å². The SMILES string of the molecule is CNCC/C=C/CS. The average Bonchev–Trinajstić information content (AvgIpc) is 1.81. The molecule has 1 N–H and O–H groups in total. The first-order chi connectivity index (χ1) is 3.91. The molecule has 0 rings (SSSR count). The number of hydrogen-bond donors (Lipinski definition) is 2. The van der Waals surface area contributed by atoms with Crippen molar-refractivity contribution < 1.29 is 0 Å². The Balaban J connectivity index is 2.80. The zero-order chi connectivity index (χ0) is 6.24. The van der Waals surface area contributed by atoms with Crippen molar-refractivity contribution in [2.75, 3.05) is 19.3 Å². The molecular formula is C6H13NS. The quantitative estimate of drug-likeness (QED) is 0.330. The molecule has 0 aliphatic heterocycles. The molecule has 0 saturated carbocycles. The van der Waals surface area contributed by atoms with Crippen LogP contribution in [0.15, 0.2) is 12.2 Å². The predicted octanol–water partition coefficient (Wildman–Crippen LogP) is 1.08. The molecule has 0 atom stereocenters. The summed E-state index contributed by atoms with van der Waals surface area (Å²) in [5.41, 5.74) is 0. The molecule has 0 aromatic rings. The van der Waals surface area contributed by atoms with Gasteiger partial charge in [-0.25, -0.2) is 0 Å². The first-order valence-electron chi connectivity index (χ1n) is 2.82. The van der Waals surface area contributed by atoms with Crippen LogP contribution in [0.2, 0.25) is 0 Å². The third kappa shape index (κ3) is 6.05. The molecule has 48 valence electrons. The van der Waals surface area contributed by atoms with Gasteiger partial charge in [-0.1, -0.05) is 12.2 Å². The molecule has 0 aromatic heterocycles. The van der Waals surface area contributed by atoms with Crippen LogP contribution in [0.4, 0.5) is 0 Å². The smallest absolute Gasteiger partial charge is 0.00825 e. The Hall–Kier alpha value is 0.0500. The molecule has 0 bridgehead atoms. The van der Waals surface area contributed by atoms with E-state index in [0.717, 1.165) is 18.7 Å². The Morgan fingerprint density at radius 3 is 2.75 bits per heavy atom. The molecule has 0 fully saturated rings. The summed E-state index contributed by atoms with van der Waals surface area (Å²) < 4.78 is 0. The summed E-state index contributed by atoms with van der Waals surface area (Å²) in [6, 6.07) is 0. The molecule has 0 radical (unpaired) electrons. The van der Waals surface area contributed by atoms with Gasteiger partial charge in [0, 0.05) is 5.75 Å². The molecule has 2 heteroatoms. The van der Waals surface area contributed by atoms with Crippen molar-refractivity contribution in [3.05, 3.63) is 12.2 Å². The molecule has 0 aromatic carbocycles. The summed E-state index contributed by atoms with van der Waals surface area (Å²) in [6.45, 7) is 1.06. The van der Waals surface area contributed by atoms with Gasteiger partial charge < -0.3 is 5.32 Å². The fraction of sp³-hybridized carbons (Fsp3) is 0.667. The number of nitrogens with one attached hydrogen (secondary N) is 1. The minimum absolute atomic E-state index is 0.851. The van der Waals surface area contributed by atoms with Crippen LogP contribution in [0.1, 0.15) is 6.42 Å². The van der Waals surface area contributed by atoms with Gasteiger partial charge in [0.15, 0.2) is 0 Å². The highest BCUT2D eigenvalue weighted by molar-refractivity contribution is 7.80. The summed E-state index contributed by atoms with van der Waals surface area (Å²) in [4.78, 5) is 0. The van der Waals surface area contributed by atoms with Crippen LogP contribution in [0, 0.1) is 0 Å². The second kappa shape index (κ2) is 7.05. The van der Waals surface area contributed by atoms with Crippen LogP contribution < -0.4 is 5.32 Å². The highest BCUT2D eigenvalue weighted by atomic mass is 32.1. The van der Waals surface area contributed by atoms with E-state index in [4.69, 9.17) is 0 Å². The van der Waals surface area contributed by atoms with Gasteiger partial charge in [0.2, 0.25) is 0 Å². The van der Waals surface area contributed by atoms with E-state index in [1.807, 2.05) is 7.05 Å². The first kappa shape index (κ1) is 8.05. The minimum Gasteiger partial charge on any atom is -0.319 e. The van der Waals surface area contributed by atoms with Gasteiger partial charge in [-0.2, -0.15) is 12.6 Å². The summed E-state index contributed by atoms with van der Waals surface area (Å²) in [5.74, 6) is 0.851. The van der Waals surface area contributed by atoms with Crippen molar-refractivity contribution in [2.45, 2.75) is 6.42 Å². The Kier molecular flexibility index (Phi) is 7.09. The van der Waals surface area contributed by atoms with E-state index in [-0.39, 0.29) is 0 Å². The lowest BCUT2D eigenvalue weighted by Crippen LogP contribution is -2.05. The van der Waals surface area contributed by atoms with Gasteiger partial charge in [0.1, 0.15) is 0 Å². The minimum atomic E-state index is 0.851. The van der Waals surface area contributed by atoms with E-state index in [9.17, 15) is 0 Å². The maximum atomic E-state index is 4.02. The largest absolute Gasteiger partial charge is 0.319 e. The molecule has 0 amide bonds. The van der Waals surface area contributed by atoms with Crippen molar-refractivity contribution in [3.63, 3.8) is 0 Å². The Morgan fingerprint density at radius 2 is 2.25 bits per heavy atom. The molecule has 0 saturated heterocycles.